The van der Waals surface area contributed by atoms with Crippen molar-refractivity contribution in [1.82, 2.24) is 15.5 Å². The number of carboxylic acid groups (broad SMARTS) is 1. The number of carbonyl (C=O) groups is 4. The predicted octanol–water partition coefficient (Wildman–Crippen LogP) is 2.40. The van der Waals surface area contributed by atoms with Crippen LogP contribution in [0.4, 0.5) is 4.79 Å². The third kappa shape index (κ3) is 5.16. The van der Waals surface area contributed by atoms with E-state index in [-0.39, 0.29) is 6.42 Å². The van der Waals surface area contributed by atoms with E-state index >= 15 is 0 Å². The van der Waals surface area contributed by atoms with Gasteiger partial charge in [-0.05, 0) is 35.2 Å². The van der Waals surface area contributed by atoms with Gasteiger partial charge >= 0.3 is 12.0 Å². The number of ketones is 1. The van der Waals surface area contributed by atoms with Crippen molar-refractivity contribution >= 4 is 23.7 Å². The van der Waals surface area contributed by atoms with Crippen LogP contribution in [0.3, 0.4) is 0 Å². The largest absolute Gasteiger partial charge is 0.481 e. The maximum absolute atomic E-state index is 12.5. The summed E-state index contributed by atoms with van der Waals surface area (Å²) in [6.07, 6.45) is 2.16. The molecule has 1 aliphatic heterocycles. The number of urea groups is 1. The zero-order valence-corrected chi connectivity index (χ0v) is 17.2. The summed E-state index contributed by atoms with van der Waals surface area (Å²) in [6, 6.07) is 12.0. The Labute approximate surface area is 179 Å². The first kappa shape index (κ1) is 21.8. The number of aliphatic carboxylic acids is 1. The molecular formula is C23H23N3O5. The van der Waals surface area contributed by atoms with Crippen LogP contribution < -0.4 is 10.6 Å². The predicted molar refractivity (Wildman–Crippen MR) is 114 cm³/mol. The van der Waals surface area contributed by atoms with E-state index in [1.807, 2.05) is 43.3 Å². The fourth-order valence-corrected chi connectivity index (χ4v) is 3.39. The van der Waals surface area contributed by atoms with Crippen LogP contribution in [-0.4, -0.2) is 46.8 Å². The van der Waals surface area contributed by atoms with Crippen LogP contribution in [0, 0.1) is 6.92 Å². The van der Waals surface area contributed by atoms with Gasteiger partial charge in [-0.25, -0.2) is 4.79 Å². The second kappa shape index (κ2) is 9.25. The van der Waals surface area contributed by atoms with E-state index in [4.69, 9.17) is 0 Å². The number of aryl methyl sites for hydroxylation is 1. The normalized spacial score (nSPS) is 16.7. The lowest BCUT2D eigenvalue weighted by Crippen LogP contribution is -2.55. The van der Waals surface area contributed by atoms with Gasteiger partial charge in [-0.15, -0.1) is 0 Å². The third-order valence-corrected chi connectivity index (χ3v) is 5.05. The topological polar surface area (TPSA) is 116 Å². The standard InChI is InChI=1S/C23H23N3O5/c1-14-6-3-4-9-17(14)15-7-5-8-16(12-15)18(13-20(28)29)24-23(31)25-21-19(27)10-11-26(2)22(21)30/h3-12,18,21H,13H2,1-2H3,(H,28,29)(H2,24,25,31). The lowest BCUT2D eigenvalue weighted by atomic mass is 9.95. The molecule has 3 N–H and O–H groups in total. The van der Waals surface area contributed by atoms with Gasteiger partial charge in [0.05, 0.1) is 12.5 Å². The summed E-state index contributed by atoms with van der Waals surface area (Å²) in [4.78, 5) is 49.3. The molecule has 2 atom stereocenters. The molecule has 3 amide bonds. The molecule has 31 heavy (non-hydrogen) atoms. The Morgan fingerprint density at radius 2 is 1.87 bits per heavy atom. The lowest BCUT2D eigenvalue weighted by Gasteiger charge is -2.25. The quantitative estimate of drug-likeness (QED) is 0.620. The molecular weight excluding hydrogens is 398 g/mol. The Kier molecular flexibility index (Phi) is 6.49. The molecule has 0 saturated heterocycles. The van der Waals surface area contributed by atoms with Crippen LogP contribution in [0.1, 0.15) is 23.6 Å². The Balaban J connectivity index is 1.82. The molecule has 160 valence electrons. The van der Waals surface area contributed by atoms with E-state index in [2.05, 4.69) is 10.6 Å². The molecule has 2 aromatic rings. The van der Waals surface area contributed by atoms with E-state index in [1.54, 1.807) is 12.1 Å². The molecule has 1 aliphatic rings. The van der Waals surface area contributed by atoms with Crippen molar-refractivity contribution in [2.75, 3.05) is 7.05 Å². The van der Waals surface area contributed by atoms with Gasteiger partial charge in [-0.1, -0.05) is 42.5 Å². The summed E-state index contributed by atoms with van der Waals surface area (Å²) < 4.78 is 0. The number of hydrogen-bond acceptors (Lipinski definition) is 4. The van der Waals surface area contributed by atoms with Crippen LogP contribution in [0.25, 0.3) is 11.1 Å². The van der Waals surface area contributed by atoms with E-state index in [0.29, 0.717) is 5.56 Å². The number of likely N-dealkylation sites (N-methyl/N-ethyl adjacent to an activating group) is 1. The lowest BCUT2D eigenvalue weighted by molar-refractivity contribution is -0.138. The van der Waals surface area contributed by atoms with Crippen molar-refractivity contribution in [3.05, 3.63) is 71.9 Å². The van der Waals surface area contributed by atoms with Crippen molar-refractivity contribution in [1.29, 1.82) is 0 Å². The van der Waals surface area contributed by atoms with Gasteiger partial charge in [0.25, 0.3) is 5.91 Å². The molecule has 0 spiro atoms. The minimum Gasteiger partial charge on any atom is -0.481 e. The van der Waals surface area contributed by atoms with E-state index in [0.717, 1.165) is 16.7 Å². The third-order valence-electron chi connectivity index (χ3n) is 5.05. The van der Waals surface area contributed by atoms with E-state index in [9.17, 15) is 24.3 Å². The van der Waals surface area contributed by atoms with E-state index < -0.39 is 35.8 Å². The number of nitrogens with zero attached hydrogens (tertiary/aromatic N) is 1. The number of benzene rings is 2. The number of hydrogen-bond donors (Lipinski definition) is 3. The first-order valence-corrected chi connectivity index (χ1v) is 9.70. The smallest absolute Gasteiger partial charge is 0.316 e. The van der Waals surface area contributed by atoms with Crippen LogP contribution >= 0.6 is 0 Å². The molecule has 2 unspecified atom stereocenters. The van der Waals surface area contributed by atoms with Gasteiger partial charge in [-0.2, -0.15) is 0 Å². The SMILES string of the molecule is Cc1ccccc1-c1cccc(C(CC(=O)O)NC(=O)NC2C(=O)C=CN(C)C2=O)c1. The summed E-state index contributed by atoms with van der Waals surface area (Å²) in [7, 11) is 1.47. The summed E-state index contributed by atoms with van der Waals surface area (Å²) >= 11 is 0. The number of rotatable bonds is 6. The highest BCUT2D eigenvalue weighted by atomic mass is 16.4. The van der Waals surface area contributed by atoms with E-state index in [1.165, 1.54) is 24.2 Å². The molecule has 0 saturated carbocycles. The summed E-state index contributed by atoms with van der Waals surface area (Å²) in [6.45, 7) is 1.98. The number of nitrogens with one attached hydrogen (secondary N) is 2. The molecule has 3 rings (SSSR count). The second-order valence-corrected chi connectivity index (χ2v) is 7.31. The maximum Gasteiger partial charge on any atom is 0.316 e. The fourth-order valence-electron chi connectivity index (χ4n) is 3.39. The average Bonchev–Trinajstić information content (AvgIpc) is 2.73. The zero-order valence-electron chi connectivity index (χ0n) is 17.2. The van der Waals surface area contributed by atoms with Crippen LogP contribution in [-0.2, 0) is 14.4 Å². The zero-order chi connectivity index (χ0) is 22.5. The summed E-state index contributed by atoms with van der Waals surface area (Å²) in [5.74, 6) is -2.22. The molecule has 0 radical (unpaired) electrons. The van der Waals surface area contributed by atoms with Gasteiger partial charge < -0.3 is 20.6 Å². The van der Waals surface area contributed by atoms with Crippen molar-refractivity contribution in [3.8, 4) is 11.1 Å². The van der Waals surface area contributed by atoms with Crippen molar-refractivity contribution in [2.24, 2.45) is 0 Å². The fraction of sp³-hybridized carbons (Fsp3) is 0.217. The average molecular weight is 421 g/mol. The molecule has 8 nitrogen and oxygen atoms in total. The maximum atomic E-state index is 12.5. The highest BCUT2D eigenvalue weighted by molar-refractivity contribution is 6.14. The van der Waals surface area contributed by atoms with Gasteiger partial charge in [0.15, 0.2) is 11.8 Å². The highest BCUT2D eigenvalue weighted by Gasteiger charge is 2.32. The Morgan fingerprint density at radius 3 is 2.58 bits per heavy atom. The molecule has 0 aromatic heterocycles. The van der Waals surface area contributed by atoms with Crippen LogP contribution in [0.2, 0.25) is 0 Å². The van der Waals surface area contributed by atoms with Crippen LogP contribution in [0.15, 0.2) is 60.8 Å². The minimum absolute atomic E-state index is 0.364. The first-order valence-electron chi connectivity index (χ1n) is 9.70. The summed E-state index contributed by atoms with van der Waals surface area (Å²) in [5.41, 5.74) is 3.54. The molecule has 2 aromatic carbocycles. The molecule has 0 bridgehead atoms. The molecule has 1 heterocycles. The van der Waals surface area contributed by atoms with Crippen molar-refractivity contribution in [3.63, 3.8) is 0 Å². The monoisotopic (exact) mass is 421 g/mol. The summed E-state index contributed by atoms with van der Waals surface area (Å²) in [5, 5.41) is 14.3. The van der Waals surface area contributed by atoms with Crippen molar-refractivity contribution < 1.29 is 24.3 Å². The highest BCUT2D eigenvalue weighted by Crippen LogP contribution is 2.27. The first-order chi connectivity index (χ1) is 14.8. The number of amides is 3. The number of carbonyl (C=O) groups excluding carboxylic acids is 3. The van der Waals surface area contributed by atoms with Crippen LogP contribution in [0.5, 0.6) is 0 Å². The molecule has 0 aliphatic carbocycles. The van der Waals surface area contributed by atoms with Gasteiger partial charge in [0.1, 0.15) is 0 Å². The Bertz CT molecular complexity index is 1060. The Hall–Kier alpha value is -3.94. The van der Waals surface area contributed by atoms with Gasteiger partial charge in [-0.3, -0.25) is 14.4 Å². The number of carboxylic acids is 1. The second-order valence-electron chi connectivity index (χ2n) is 7.31. The van der Waals surface area contributed by atoms with Crippen molar-refractivity contribution in [2.45, 2.75) is 25.4 Å². The minimum atomic E-state index is -1.35. The Morgan fingerprint density at radius 1 is 1.13 bits per heavy atom. The molecule has 8 heteroatoms. The van der Waals surface area contributed by atoms with Gasteiger partial charge in [0, 0.05) is 19.3 Å². The van der Waals surface area contributed by atoms with Gasteiger partial charge in [0.2, 0.25) is 0 Å². The molecule has 0 fully saturated rings.